The third kappa shape index (κ3) is 4.02. The highest BCUT2D eigenvalue weighted by Crippen LogP contribution is 2.25. The lowest BCUT2D eigenvalue weighted by atomic mass is 10.1. The van der Waals surface area contributed by atoms with E-state index in [-0.39, 0.29) is 12.9 Å². The molecule has 1 aliphatic heterocycles. The zero-order valence-corrected chi connectivity index (χ0v) is 12.2. The molecule has 1 unspecified atom stereocenters. The lowest BCUT2D eigenvalue weighted by Crippen LogP contribution is -2.03. The molecule has 2 aromatic carbocycles. The van der Waals surface area contributed by atoms with Crippen LogP contribution in [0.2, 0.25) is 0 Å². The van der Waals surface area contributed by atoms with E-state index in [1.807, 2.05) is 48.5 Å². The number of hydrogen-bond donors (Lipinski definition) is 0. The smallest absolute Gasteiger partial charge is 0.229 e. The molecule has 22 heavy (non-hydrogen) atoms. The second-order valence-corrected chi connectivity index (χ2v) is 4.91. The molecule has 0 saturated carbocycles. The van der Waals surface area contributed by atoms with Crippen LogP contribution in [0.5, 0.6) is 11.5 Å². The summed E-state index contributed by atoms with van der Waals surface area (Å²) in [6.07, 6.45) is 1.63. The Morgan fingerprint density at radius 1 is 0.955 bits per heavy atom. The zero-order valence-electron chi connectivity index (χ0n) is 12.2. The van der Waals surface area contributed by atoms with Gasteiger partial charge in [-0.05, 0) is 35.4 Å². The molecule has 1 aliphatic rings. The maximum absolute atomic E-state index is 5.63. The molecule has 1 atom stereocenters. The quantitative estimate of drug-likeness (QED) is 0.323. The summed E-state index contributed by atoms with van der Waals surface area (Å²) < 4.78 is 21.1. The van der Waals surface area contributed by atoms with Crippen LogP contribution in [0.15, 0.2) is 61.4 Å². The van der Waals surface area contributed by atoms with Crippen LogP contribution in [0.1, 0.15) is 0 Å². The van der Waals surface area contributed by atoms with Crippen molar-refractivity contribution in [3.63, 3.8) is 0 Å². The van der Waals surface area contributed by atoms with Crippen LogP contribution < -0.4 is 9.47 Å². The monoisotopic (exact) mass is 298 g/mol. The molecule has 1 saturated heterocycles. The summed E-state index contributed by atoms with van der Waals surface area (Å²) in [5.41, 5.74) is 2.25. The number of rotatable bonds is 8. The standard InChI is InChI=1S/C18H18O4/c1-2-19-13-22-17-9-5-15(6-10-17)14-3-7-16(8-4-14)20-11-18-12-21-18/h2-10,18H,1,11-13H2. The Bertz CT molecular complexity index is 600. The van der Waals surface area contributed by atoms with Gasteiger partial charge in [-0.1, -0.05) is 30.8 Å². The van der Waals surface area contributed by atoms with Gasteiger partial charge in [0, 0.05) is 0 Å². The van der Waals surface area contributed by atoms with Crippen molar-refractivity contribution in [3.05, 3.63) is 61.4 Å². The van der Waals surface area contributed by atoms with E-state index >= 15 is 0 Å². The van der Waals surface area contributed by atoms with Gasteiger partial charge in [-0.15, -0.1) is 0 Å². The second kappa shape index (κ2) is 7.00. The molecular formula is C18H18O4. The van der Waals surface area contributed by atoms with Gasteiger partial charge in [-0.25, -0.2) is 0 Å². The highest BCUT2D eigenvalue weighted by atomic mass is 16.7. The maximum atomic E-state index is 5.63. The molecule has 0 aliphatic carbocycles. The number of epoxide rings is 1. The molecule has 0 radical (unpaired) electrons. The van der Waals surface area contributed by atoms with Crippen molar-refractivity contribution in [1.29, 1.82) is 0 Å². The Labute approximate surface area is 129 Å². The summed E-state index contributed by atoms with van der Waals surface area (Å²) >= 11 is 0. The predicted octanol–water partition coefficient (Wildman–Crippen LogP) is 3.63. The van der Waals surface area contributed by atoms with E-state index in [2.05, 4.69) is 6.58 Å². The molecule has 0 aromatic heterocycles. The first-order valence-electron chi connectivity index (χ1n) is 7.15. The minimum atomic E-state index is 0.166. The van der Waals surface area contributed by atoms with Crippen LogP contribution in [0.4, 0.5) is 0 Å². The van der Waals surface area contributed by atoms with Crippen molar-refractivity contribution in [2.75, 3.05) is 20.0 Å². The minimum absolute atomic E-state index is 0.166. The molecule has 1 heterocycles. The highest BCUT2D eigenvalue weighted by Gasteiger charge is 2.22. The van der Waals surface area contributed by atoms with Crippen LogP contribution in [-0.4, -0.2) is 26.1 Å². The fraction of sp³-hybridized carbons (Fsp3) is 0.222. The molecule has 1 fully saturated rings. The molecule has 0 N–H and O–H groups in total. The fourth-order valence-corrected chi connectivity index (χ4v) is 1.99. The van der Waals surface area contributed by atoms with E-state index in [0.717, 1.165) is 29.2 Å². The average Bonchev–Trinajstić information content (AvgIpc) is 3.39. The molecule has 114 valence electrons. The summed E-state index contributed by atoms with van der Waals surface area (Å²) in [6, 6.07) is 15.9. The molecular weight excluding hydrogens is 280 g/mol. The van der Waals surface area contributed by atoms with Crippen molar-refractivity contribution >= 4 is 0 Å². The Morgan fingerprint density at radius 2 is 1.50 bits per heavy atom. The van der Waals surface area contributed by atoms with Crippen molar-refractivity contribution in [3.8, 4) is 22.6 Å². The number of hydrogen-bond acceptors (Lipinski definition) is 4. The van der Waals surface area contributed by atoms with Crippen molar-refractivity contribution in [2.45, 2.75) is 6.10 Å². The molecule has 3 rings (SSSR count). The van der Waals surface area contributed by atoms with E-state index in [0.29, 0.717) is 6.61 Å². The Kier molecular flexibility index (Phi) is 4.61. The van der Waals surface area contributed by atoms with Crippen molar-refractivity contribution in [1.82, 2.24) is 0 Å². The van der Waals surface area contributed by atoms with Gasteiger partial charge < -0.3 is 18.9 Å². The van der Waals surface area contributed by atoms with E-state index < -0.39 is 0 Å². The summed E-state index contributed by atoms with van der Waals surface area (Å²) in [7, 11) is 0. The van der Waals surface area contributed by atoms with Gasteiger partial charge in [0.2, 0.25) is 6.79 Å². The van der Waals surface area contributed by atoms with Gasteiger partial charge in [0.1, 0.15) is 24.2 Å². The second-order valence-electron chi connectivity index (χ2n) is 4.91. The Morgan fingerprint density at radius 3 is 2.00 bits per heavy atom. The maximum Gasteiger partial charge on any atom is 0.229 e. The lowest BCUT2D eigenvalue weighted by Gasteiger charge is -2.08. The highest BCUT2D eigenvalue weighted by molar-refractivity contribution is 5.64. The summed E-state index contributed by atoms with van der Waals surface area (Å²) in [5.74, 6) is 1.62. The predicted molar refractivity (Wildman–Crippen MR) is 83.9 cm³/mol. The minimum Gasteiger partial charge on any atom is -0.491 e. The normalized spacial score (nSPS) is 15.9. The summed E-state index contributed by atoms with van der Waals surface area (Å²) in [4.78, 5) is 0. The lowest BCUT2D eigenvalue weighted by molar-refractivity contribution is 0.0807. The third-order valence-corrected chi connectivity index (χ3v) is 3.29. The number of benzene rings is 2. The van der Waals surface area contributed by atoms with Gasteiger partial charge in [-0.2, -0.15) is 0 Å². The van der Waals surface area contributed by atoms with Crippen LogP contribution in [0.25, 0.3) is 11.1 Å². The molecule has 0 amide bonds. The molecule has 4 nitrogen and oxygen atoms in total. The van der Waals surface area contributed by atoms with Gasteiger partial charge in [0.25, 0.3) is 0 Å². The van der Waals surface area contributed by atoms with E-state index in [1.54, 1.807) is 0 Å². The van der Waals surface area contributed by atoms with Crippen molar-refractivity contribution in [2.24, 2.45) is 0 Å². The van der Waals surface area contributed by atoms with E-state index in [4.69, 9.17) is 18.9 Å². The Balaban J connectivity index is 1.58. The first-order valence-corrected chi connectivity index (χ1v) is 7.15. The molecule has 0 bridgehead atoms. The SMILES string of the molecule is C=COCOc1ccc(-c2ccc(OCC3CO3)cc2)cc1. The largest absolute Gasteiger partial charge is 0.491 e. The van der Waals surface area contributed by atoms with Crippen LogP contribution >= 0.6 is 0 Å². The van der Waals surface area contributed by atoms with Crippen molar-refractivity contribution < 1.29 is 18.9 Å². The van der Waals surface area contributed by atoms with Gasteiger partial charge >= 0.3 is 0 Å². The van der Waals surface area contributed by atoms with E-state index in [1.165, 1.54) is 6.26 Å². The molecule has 0 spiro atoms. The summed E-state index contributed by atoms with van der Waals surface area (Å²) in [6.45, 7) is 5.06. The van der Waals surface area contributed by atoms with Crippen LogP contribution in [0, 0.1) is 0 Å². The average molecular weight is 298 g/mol. The number of ether oxygens (including phenoxy) is 4. The first kappa shape index (κ1) is 14.5. The molecule has 2 aromatic rings. The topological polar surface area (TPSA) is 40.2 Å². The summed E-state index contributed by atoms with van der Waals surface area (Å²) in [5, 5.41) is 0. The Hall–Kier alpha value is -2.46. The fourth-order valence-electron chi connectivity index (χ4n) is 1.99. The zero-order chi connectivity index (χ0) is 15.2. The van der Waals surface area contributed by atoms with Gasteiger partial charge in [0.15, 0.2) is 0 Å². The van der Waals surface area contributed by atoms with Gasteiger partial charge in [-0.3, -0.25) is 0 Å². The molecule has 4 heteroatoms. The van der Waals surface area contributed by atoms with E-state index in [9.17, 15) is 0 Å². The van der Waals surface area contributed by atoms with Gasteiger partial charge in [0.05, 0.1) is 12.9 Å². The van der Waals surface area contributed by atoms with Crippen LogP contribution in [0.3, 0.4) is 0 Å². The van der Waals surface area contributed by atoms with Crippen LogP contribution in [-0.2, 0) is 9.47 Å². The first-order chi connectivity index (χ1) is 10.8. The third-order valence-electron chi connectivity index (χ3n) is 3.29.